The maximum Gasteiger partial charge on any atom is 0.416 e. The molecule has 0 radical (unpaired) electrons. The van der Waals surface area contributed by atoms with Crippen LogP contribution >= 0.6 is 15.9 Å². The van der Waals surface area contributed by atoms with E-state index in [1.165, 1.54) is 30.3 Å². The molecule has 0 saturated heterocycles. The maximum absolute atomic E-state index is 14.6. The van der Waals surface area contributed by atoms with Gasteiger partial charge in [-0.25, -0.2) is 22.0 Å². The van der Waals surface area contributed by atoms with Gasteiger partial charge in [0.1, 0.15) is 0 Å². The first-order chi connectivity index (χ1) is 22.1. The molecular weight excluding hydrogens is 706 g/mol. The number of nitrogens with one attached hydrogen (secondary N) is 2. The average Bonchev–Trinajstić information content (AvgIpc) is 3.03. The Hall–Kier alpha value is -3.56. The van der Waals surface area contributed by atoms with Crippen LogP contribution < -0.4 is 10.6 Å². The normalized spacial score (nSPS) is 12.9. The van der Waals surface area contributed by atoms with Gasteiger partial charge in [-0.05, 0) is 42.7 Å². The van der Waals surface area contributed by atoms with Crippen molar-refractivity contribution in [2.75, 3.05) is 19.6 Å². The van der Waals surface area contributed by atoms with E-state index in [1.807, 2.05) is 13.8 Å². The lowest BCUT2D eigenvalue weighted by atomic mass is 9.98. The van der Waals surface area contributed by atoms with Crippen molar-refractivity contribution in [3.8, 4) is 0 Å². The van der Waals surface area contributed by atoms with Crippen LogP contribution in [0.15, 0.2) is 46.9 Å². The summed E-state index contributed by atoms with van der Waals surface area (Å²) in [6.45, 7) is 3.98. The molecule has 3 N–H and O–H groups in total. The number of carbonyl (C=O) groups excluding carboxylic acids is 2. The molecule has 0 aliphatic rings. The Bertz CT molecular complexity index is 1550. The fourth-order valence-corrected chi connectivity index (χ4v) is 5.32. The summed E-state index contributed by atoms with van der Waals surface area (Å²) in [6.07, 6.45) is -6.08. The molecule has 0 heterocycles. The van der Waals surface area contributed by atoms with Crippen LogP contribution in [0.1, 0.15) is 64.1 Å². The Morgan fingerprint density at radius 1 is 0.872 bits per heavy atom. The molecule has 0 aliphatic carbocycles. The van der Waals surface area contributed by atoms with Crippen molar-refractivity contribution in [3.05, 3.63) is 104 Å². The summed E-state index contributed by atoms with van der Waals surface area (Å²) < 4.78 is 110. The predicted octanol–water partition coefficient (Wildman–Crippen LogP) is 6.92. The number of benzene rings is 3. The molecular formula is C32H32BrF8N3O3. The van der Waals surface area contributed by atoms with Crippen LogP contribution in [0.3, 0.4) is 0 Å². The van der Waals surface area contributed by atoms with E-state index in [-0.39, 0.29) is 29.1 Å². The molecule has 0 unspecified atom stereocenters. The highest BCUT2D eigenvalue weighted by Gasteiger charge is 2.32. The van der Waals surface area contributed by atoms with Crippen LogP contribution in [0.4, 0.5) is 35.1 Å². The lowest BCUT2D eigenvalue weighted by Crippen LogP contribution is -2.49. The third-order valence-electron chi connectivity index (χ3n) is 7.12. The Balaban J connectivity index is 1.91. The van der Waals surface area contributed by atoms with E-state index >= 15 is 0 Å². The number of hydrogen-bond donors (Lipinski definition) is 3. The molecule has 3 rings (SSSR count). The van der Waals surface area contributed by atoms with Gasteiger partial charge >= 0.3 is 6.18 Å². The highest BCUT2D eigenvalue weighted by atomic mass is 79.9. The van der Waals surface area contributed by atoms with E-state index in [9.17, 15) is 49.8 Å². The van der Waals surface area contributed by atoms with Crippen LogP contribution in [0.2, 0.25) is 0 Å². The number of nitrogens with zero attached hydrogens (tertiary/aromatic N) is 1. The molecule has 2 amide bonds. The maximum atomic E-state index is 14.6. The fraction of sp³-hybridized carbons (Fsp3) is 0.375. The fourth-order valence-electron chi connectivity index (χ4n) is 4.83. The largest absolute Gasteiger partial charge is 0.416 e. The monoisotopic (exact) mass is 737 g/mol. The van der Waals surface area contributed by atoms with E-state index in [0.29, 0.717) is 30.4 Å². The third-order valence-corrected chi connectivity index (χ3v) is 7.58. The summed E-state index contributed by atoms with van der Waals surface area (Å²) >= 11 is 3.24. The highest BCUT2D eigenvalue weighted by Crippen LogP contribution is 2.30. The Morgan fingerprint density at radius 2 is 1.45 bits per heavy atom. The first kappa shape index (κ1) is 37.9. The molecule has 3 aromatic rings. The summed E-state index contributed by atoms with van der Waals surface area (Å²) in [4.78, 5) is 28.2. The van der Waals surface area contributed by atoms with Crippen molar-refractivity contribution in [2.24, 2.45) is 0 Å². The number of halogens is 9. The van der Waals surface area contributed by atoms with Crippen LogP contribution in [0, 0.1) is 29.1 Å². The molecule has 0 fully saturated rings. The lowest BCUT2D eigenvalue weighted by Gasteiger charge is -2.26. The van der Waals surface area contributed by atoms with Gasteiger partial charge in [0, 0.05) is 53.8 Å². The van der Waals surface area contributed by atoms with Crippen LogP contribution in [-0.4, -0.2) is 53.6 Å². The molecule has 15 heteroatoms. The Kier molecular flexibility index (Phi) is 13.3. The number of hydrogen-bond acceptors (Lipinski definition) is 4. The molecule has 47 heavy (non-hydrogen) atoms. The molecule has 2 atom stereocenters. The molecule has 0 bridgehead atoms. The number of aliphatic hydroxyl groups excluding tert-OH is 1. The van der Waals surface area contributed by atoms with Crippen LogP contribution in [-0.2, 0) is 19.1 Å². The van der Waals surface area contributed by atoms with Crippen LogP contribution in [0.5, 0.6) is 0 Å². The average molecular weight is 739 g/mol. The molecule has 3 aromatic carbocycles. The van der Waals surface area contributed by atoms with Crippen molar-refractivity contribution >= 4 is 27.7 Å². The van der Waals surface area contributed by atoms with Gasteiger partial charge in [-0.3, -0.25) is 9.59 Å². The van der Waals surface area contributed by atoms with E-state index in [2.05, 4.69) is 26.6 Å². The zero-order valence-electron chi connectivity index (χ0n) is 25.3. The summed E-state index contributed by atoms with van der Waals surface area (Å²) in [5, 5.41) is 16.0. The van der Waals surface area contributed by atoms with Crippen molar-refractivity contribution in [1.29, 1.82) is 0 Å². The quantitative estimate of drug-likeness (QED) is 0.0954. The summed E-state index contributed by atoms with van der Waals surface area (Å²) in [5.74, 6) is -12.5. The predicted molar refractivity (Wildman–Crippen MR) is 161 cm³/mol. The number of alkyl halides is 3. The van der Waals surface area contributed by atoms with Crippen molar-refractivity contribution in [2.45, 2.75) is 58.0 Å². The third kappa shape index (κ3) is 9.73. The molecule has 0 spiro atoms. The summed E-state index contributed by atoms with van der Waals surface area (Å²) in [7, 11) is 0. The van der Waals surface area contributed by atoms with Crippen molar-refractivity contribution in [1.82, 2.24) is 15.5 Å². The second-order valence-electron chi connectivity index (χ2n) is 10.7. The van der Waals surface area contributed by atoms with E-state index < -0.39 is 77.4 Å². The second kappa shape index (κ2) is 16.5. The molecule has 0 aromatic heterocycles. The lowest BCUT2D eigenvalue weighted by molar-refractivity contribution is -0.137. The Morgan fingerprint density at radius 3 is 2.02 bits per heavy atom. The van der Waals surface area contributed by atoms with E-state index in [1.54, 1.807) is 4.90 Å². The highest BCUT2D eigenvalue weighted by molar-refractivity contribution is 9.10. The van der Waals surface area contributed by atoms with Crippen molar-refractivity contribution in [3.63, 3.8) is 0 Å². The van der Waals surface area contributed by atoms with Crippen molar-refractivity contribution < 1.29 is 49.8 Å². The standard InChI is InChI=1S/C32H32BrF8N3O3/c1-3-8-44(9-4-2)31(47)19-11-18(12-21(33)13-19)30(46)43-23(14-22-25(34)27(36)29(38)28(37)26(22)35)24(45)16-42-15-17-6-5-7-20(10-17)32(39,40)41/h5-7,10-13,23-24,42,45H,3-4,8-9,14-16H2,1-2H3,(H,43,46)/t23-,24+/m0/s1. The SMILES string of the molecule is CCCN(CCC)C(=O)c1cc(Br)cc(C(=O)N[C@@H](Cc2c(F)c(F)c(F)c(F)c2F)[C@H](O)CNCc2cccc(C(F)(F)F)c2)c1. The molecule has 0 saturated carbocycles. The summed E-state index contributed by atoms with van der Waals surface area (Å²) in [6, 6.07) is 6.65. The smallest absolute Gasteiger partial charge is 0.390 e. The first-order valence-corrected chi connectivity index (χ1v) is 15.3. The number of carbonyl (C=O) groups is 2. The van der Waals surface area contributed by atoms with Crippen LogP contribution in [0.25, 0.3) is 0 Å². The minimum Gasteiger partial charge on any atom is -0.390 e. The van der Waals surface area contributed by atoms with E-state index in [0.717, 1.165) is 12.1 Å². The van der Waals surface area contributed by atoms with Gasteiger partial charge in [-0.2, -0.15) is 13.2 Å². The summed E-state index contributed by atoms with van der Waals surface area (Å²) in [5.41, 5.74) is -2.05. The van der Waals surface area contributed by atoms with Gasteiger partial charge in [0.15, 0.2) is 23.3 Å². The molecule has 0 aliphatic heterocycles. The van der Waals surface area contributed by atoms with Gasteiger partial charge in [-0.1, -0.05) is 48.0 Å². The molecule has 256 valence electrons. The minimum absolute atomic E-state index is 0.123. The number of rotatable bonds is 14. The van der Waals surface area contributed by atoms with E-state index in [4.69, 9.17) is 0 Å². The second-order valence-corrected chi connectivity index (χ2v) is 11.7. The topological polar surface area (TPSA) is 81.7 Å². The van der Waals surface area contributed by atoms with Gasteiger partial charge in [0.05, 0.1) is 17.7 Å². The van der Waals surface area contributed by atoms with Gasteiger partial charge in [0.25, 0.3) is 11.8 Å². The zero-order valence-corrected chi connectivity index (χ0v) is 26.8. The van der Waals surface area contributed by atoms with Gasteiger partial charge < -0.3 is 20.6 Å². The number of amides is 2. The molecule has 6 nitrogen and oxygen atoms in total. The zero-order chi connectivity index (χ0) is 35.1. The van der Waals surface area contributed by atoms with Gasteiger partial charge in [0.2, 0.25) is 5.82 Å². The number of aliphatic hydroxyl groups is 1. The van der Waals surface area contributed by atoms with Gasteiger partial charge in [-0.15, -0.1) is 0 Å². The minimum atomic E-state index is -4.61. The Labute approximate surface area is 274 Å². The first-order valence-electron chi connectivity index (χ1n) is 14.5.